The van der Waals surface area contributed by atoms with E-state index >= 15 is 0 Å². The molecule has 1 rings (SSSR count). The Bertz CT molecular complexity index is 278. The van der Waals surface area contributed by atoms with Crippen molar-refractivity contribution in [2.24, 2.45) is 0 Å². The van der Waals surface area contributed by atoms with Crippen LogP contribution in [-0.4, -0.2) is 18.6 Å². The average molecular weight is 353 g/mol. The Hall–Kier alpha value is 0.320. The maximum absolute atomic E-state index is 5.46. The van der Waals surface area contributed by atoms with Crippen LogP contribution in [0.5, 0.6) is 0 Å². The minimum atomic E-state index is 0.855. The summed E-state index contributed by atoms with van der Waals surface area (Å²) in [6.45, 7) is 1.95. The van der Waals surface area contributed by atoms with Gasteiger partial charge in [0.05, 0.1) is 6.54 Å². The Morgan fingerprint density at radius 3 is 2.75 bits per heavy atom. The molecule has 0 fully saturated rings. The van der Waals surface area contributed by atoms with Crippen molar-refractivity contribution in [1.29, 1.82) is 0 Å². The fourth-order valence-corrected chi connectivity index (χ4v) is 2.46. The van der Waals surface area contributed by atoms with E-state index in [1.165, 1.54) is 31.4 Å². The van der Waals surface area contributed by atoms with Crippen molar-refractivity contribution >= 4 is 34.4 Å². The van der Waals surface area contributed by atoms with Gasteiger partial charge in [0.15, 0.2) is 3.77 Å². The highest BCUT2D eigenvalue weighted by molar-refractivity contribution is 14.1. The highest BCUT2D eigenvalue weighted by Crippen LogP contribution is 2.09. The molecular formula is C12H20INOS. The SMILES string of the molecule is CSCCCCCCNCc1ccc(I)o1. The molecule has 0 aliphatic heterocycles. The standard InChI is InChI=1S/C12H20INOS/c1-16-9-5-3-2-4-8-14-10-11-6-7-12(13)15-11/h6-7,14H,2-5,8-10H2,1H3. The number of thioether (sulfide) groups is 1. The second-order valence-corrected chi connectivity index (χ2v) is 5.84. The fourth-order valence-electron chi connectivity index (χ4n) is 1.51. The van der Waals surface area contributed by atoms with E-state index in [1.807, 2.05) is 23.9 Å². The van der Waals surface area contributed by atoms with Crippen LogP contribution in [0.2, 0.25) is 0 Å². The molecule has 0 unspecified atom stereocenters. The first kappa shape index (κ1) is 14.4. The molecule has 0 aliphatic carbocycles. The van der Waals surface area contributed by atoms with Gasteiger partial charge in [0.25, 0.3) is 0 Å². The van der Waals surface area contributed by atoms with Gasteiger partial charge in [0.1, 0.15) is 5.76 Å². The first-order chi connectivity index (χ1) is 7.83. The lowest BCUT2D eigenvalue weighted by molar-refractivity contribution is 0.459. The Morgan fingerprint density at radius 1 is 1.25 bits per heavy atom. The fraction of sp³-hybridized carbons (Fsp3) is 0.667. The normalized spacial score (nSPS) is 10.9. The molecule has 1 heterocycles. The minimum absolute atomic E-state index is 0.855. The Kier molecular flexibility index (Phi) is 8.41. The van der Waals surface area contributed by atoms with E-state index in [9.17, 15) is 0 Å². The highest BCUT2D eigenvalue weighted by atomic mass is 127. The number of halogens is 1. The van der Waals surface area contributed by atoms with Crippen LogP contribution < -0.4 is 5.32 Å². The van der Waals surface area contributed by atoms with Gasteiger partial charge < -0.3 is 9.73 Å². The number of furan rings is 1. The summed E-state index contributed by atoms with van der Waals surface area (Å²) in [6.07, 6.45) is 7.50. The van der Waals surface area contributed by atoms with Gasteiger partial charge in [-0.25, -0.2) is 0 Å². The molecule has 1 aromatic rings. The largest absolute Gasteiger partial charge is 0.454 e. The molecule has 0 spiro atoms. The molecule has 0 aliphatic rings. The molecule has 1 aromatic heterocycles. The van der Waals surface area contributed by atoms with Crippen molar-refractivity contribution in [2.75, 3.05) is 18.6 Å². The maximum atomic E-state index is 5.46. The molecule has 1 N–H and O–H groups in total. The number of rotatable bonds is 9. The van der Waals surface area contributed by atoms with E-state index in [1.54, 1.807) is 0 Å². The van der Waals surface area contributed by atoms with E-state index < -0.39 is 0 Å². The summed E-state index contributed by atoms with van der Waals surface area (Å²) in [5.41, 5.74) is 0. The molecule has 0 bridgehead atoms. The molecule has 0 radical (unpaired) electrons. The molecule has 92 valence electrons. The third-order valence-electron chi connectivity index (χ3n) is 2.38. The van der Waals surface area contributed by atoms with Gasteiger partial charge >= 0.3 is 0 Å². The van der Waals surface area contributed by atoms with Gasteiger partial charge in [-0.05, 0) is 66.1 Å². The van der Waals surface area contributed by atoms with Crippen LogP contribution in [-0.2, 0) is 6.54 Å². The van der Waals surface area contributed by atoms with Crippen molar-refractivity contribution in [2.45, 2.75) is 32.2 Å². The molecule has 16 heavy (non-hydrogen) atoms. The topological polar surface area (TPSA) is 25.2 Å². The van der Waals surface area contributed by atoms with Crippen molar-refractivity contribution < 1.29 is 4.42 Å². The summed E-state index contributed by atoms with van der Waals surface area (Å²) in [4.78, 5) is 0. The molecule has 0 amide bonds. The summed E-state index contributed by atoms with van der Waals surface area (Å²) in [6, 6.07) is 4.03. The number of hydrogen-bond acceptors (Lipinski definition) is 3. The summed E-state index contributed by atoms with van der Waals surface area (Å²) >= 11 is 4.13. The molecular weight excluding hydrogens is 333 g/mol. The monoisotopic (exact) mass is 353 g/mol. The van der Waals surface area contributed by atoms with Crippen LogP contribution in [0, 0.1) is 3.77 Å². The molecule has 0 saturated carbocycles. The molecule has 2 nitrogen and oxygen atoms in total. The molecule has 0 aromatic carbocycles. The van der Waals surface area contributed by atoms with Crippen molar-refractivity contribution in [3.8, 4) is 0 Å². The van der Waals surface area contributed by atoms with E-state index in [4.69, 9.17) is 4.42 Å². The van der Waals surface area contributed by atoms with Crippen LogP contribution in [0.4, 0.5) is 0 Å². The summed E-state index contributed by atoms with van der Waals surface area (Å²) in [5, 5.41) is 3.40. The zero-order chi connectivity index (χ0) is 11.6. The molecule has 0 atom stereocenters. The number of unbranched alkanes of at least 4 members (excludes halogenated alkanes) is 3. The lowest BCUT2D eigenvalue weighted by atomic mass is 10.2. The maximum Gasteiger partial charge on any atom is 0.164 e. The highest BCUT2D eigenvalue weighted by Gasteiger charge is 1.97. The minimum Gasteiger partial charge on any atom is -0.454 e. The Labute approximate surface area is 116 Å². The first-order valence-corrected chi connectivity index (χ1v) is 8.24. The lowest BCUT2D eigenvalue weighted by Crippen LogP contribution is -2.14. The quantitative estimate of drug-likeness (QED) is 0.539. The summed E-state index contributed by atoms with van der Waals surface area (Å²) < 4.78 is 6.43. The van der Waals surface area contributed by atoms with Gasteiger partial charge in [-0.3, -0.25) is 0 Å². The smallest absolute Gasteiger partial charge is 0.164 e. The van der Waals surface area contributed by atoms with Crippen molar-refractivity contribution in [3.63, 3.8) is 0 Å². The van der Waals surface area contributed by atoms with E-state index in [0.717, 1.165) is 22.6 Å². The zero-order valence-electron chi connectivity index (χ0n) is 9.80. The van der Waals surface area contributed by atoms with Gasteiger partial charge in [-0.1, -0.05) is 12.8 Å². The van der Waals surface area contributed by atoms with E-state index in [0.29, 0.717) is 0 Å². The Balaban J connectivity index is 1.88. The van der Waals surface area contributed by atoms with Crippen molar-refractivity contribution in [1.82, 2.24) is 5.32 Å². The van der Waals surface area contributed by atoms with Crippen LogP contribution in [0.1, 0.15) is 31.4 Å². The predicted molar refractivity (Wildman–Crippen MR) is 80.0 cm³/mol. The van der Waals surface area contributed by atoms with Crippen LogP contribution in [0.3, 0.4) is 0 Å². The van der Waals surface area contributed by atoms with Crippen molar-refractivity contribution in [3.05, 3.63) is 21.7 Å². The van der Waals surface area contributed by atoms with Crippen LogP contribution in [0.15, 0.2) is 16.5 Å². The summed E-state index contributed by atoms with van der Waals surface area (Å²) in [5.74, 6) is 2.34. The van der Waals surface area contributed by atoms with Gasteiger partial charge in [-0.15, -0.1) is 0 Å². The second-order valence-electron chi connectivity index (χ2n) is 3.79. The Morgan fingerprint density at radius 2 is 2.06 bits per heavy atom. The van der Waals surface area contributed by atoms with Gasteiger partial charge in [0, 0.05) is 0 Å². The number of nitrogens with one attached hydrogen (secondary N) is 1. The van der Waals surface area contributed by atoms with Crippen LogP contribution in [0.25, 0.3) is 0 Å². The van der Waals surface area contributed by atoms with E-state index in [2.05, 4.69) is 34.2 Å². The zero-order valence-corrected chi connectivity index (χ0v) is 12.8. The predicted octanol–water partition coefficient (Wildman–Crippen LogP) is 3.90. The third-order valence-corrected chi connectivity index (χ3v) is 3.66. The van der Waals surface area contributed by atoms with E-state index in [-0.39, 0.29) is 0 Å². The first-order valence-electron chi connectivity index (χ1n) is 5.77. The van der Waals surface area contributed by atoms with Gasteiger partial charge in [-0.2, -0.15) is 11.8 Å². The van der Waals surface area contributed by atoms with Crippen LogP contribution >= 0.6 is 34.4 Å². The number of hydrogen-bond donors (Lipinski definition) is 1. The third kappa shape index (κ3) is 6.81. The molecule has 4 heteroatoms. The summed E-state index contributed by atoms with van der Waals surface area (Å²) in [7, 11) is 0. The van der Waals surface area contributed by atoms with Gasteiger partial charge in [0.2, 0.25) is 0 Å². The second kappa shape index (κ2) is 9.36. The molecule has 0 saturated heterocycles. The average Bonchev–Trinajstić information content (AvgIpc) is 2.68. The lowest BCUT2D eigenvalue weighted by Gasteiger charge is -2.02.